The molecule has 0 spiro atoms. The Bertz CT molecular complexity index is 261. The molecule has 0 aromatic heterocycles. The van der Waals surface area contributed by atoms with E-state index in [2.05, 4.69) is 35.8 Å². The van der Waals surface area contributed by atoms with Crippen LogP contribution in [0.5, 0.6) is 0 Å². The molecule has 0 amide bonds. The van der Waals surface area contributed by atoms with Crippen molar-refractivity contribution in [3.63, 3.8) is 0 Å². The minimum absolute atomic E-state index is 0.427. The third kappa shape index (κ3) is 1.72. The molecule has 0 saturated carbocycles. The van der Waals surface area contributed by atoms with Gasteiger partial charge in [0.15, 0.2) is 0 Å². The molecule has 3 fully saturated rings. The van der Waals surface area contributed by atoms with Gasteiger partial charge in [-0.05, 0) is 50.8 Å². The van der Waals surface area contributed by atoms with Gasteiger partial charge in [0.1, 0.15) is 0 Å². The highest BCUT2D eigenvalue weighted by molar-refractivity contribution is 7.99. The number of likely N-dealkylation sites (tertiary alicyclic amines) is 1. The molecular formula is C13H24N2S. The minimum Gasteiger partial charge on any atom is -0.316 e. The molecule has 3 aliphatic rings. The number of hydrogen-bond donors (Lipinski definition) is 1. The number of fused-ring (bicyclic) bond motifs is 1. The standard InChI is InChI=1S/C13H24N2S/c1-13(2)12-7-14-6-10(12)8-15(13)11-4-3-5-16-9-11/h10-12,14H,3-9H2,1-2H3. The molecule has 2 nitrogen and oxygen atoms in total. The van der Waals surface area contributed by atoms with Crippen LogP contribution in [-0.4, -0.2) is 47.6 Å². The van der Waals surface area contributed by atoms with Crippen LogP contribution in [0.4, 0.5) is 0 Å². The largest absolute Gasteiger partial charge is 0.316 e. The summed E-state index contributed by atoms with van der Waals surface area (Å²) in [5.74, 6) is 4.57. The van der Waals surface area contributed by atoms with Crippen molar-refractivity contribution in [3.8, 4) is 0 Å². The van der Waals surface area contributed by atoms with Crippen molar-refractivity contribution in [1.82, 2.24) is 10.2 Å². The number of rotatable bonds is 1. The average Bonchev–Trinajstić information content (AvgIpc) is 2.83. The van der Waals surface area contributed by atoms with Gasteiger partial charge in [0.2, 0.25) is 0 Å². The van der Waals surface area contributed by atoms with Crippen LogP contribution < -0.4 is 5.32 Å². The van der Waals surface area contributed by atoms with E-state index in [0.29, 0.717) is 5.54 Å². The Morgan fingerprint density at radius 1 is 1.31 bits per heavy atom. The van der Waals surface area contributed by atoms with Gasteiger partial charge in [0.25, 0.3) is 0 Å². The highest BCUT2D eigenvalue weighted by atomic mass is 32.2. The van der Waals surface area contributed by atoms with Gasteiger partial charge in [-0.15, -0.1) is 0 Å². The van der Waals surface area contributed by atoms with Gasteiger partial charge in [-0.25, -0.2) is 0 Å². The van der Waals surface area contributed by atoms with Crippen LogP contribution in [0.2, 0.25) is 0 Å². The summed E-state index contributed by atoms with van der Waals surface area (Å²) in [6, 6.07) is 0.861. The van der Waals surface area contributed by atoms with E-state index in [1.54, 1.807) is 0 Å². The quantitative estimate of drug-likeness (QED) is 0.752. The maximum Gasteiger partial charge on any atom is 0.0200 e. The van der Waals surface area contributed by atoms with Gasteiger partial charge >= 0.3 is 0 Å². The Balaban J connectivity index is 1.75. The Kier molecular flexibility index (Phi) is 2.97. The van der Waals surface area contributed by atoms with E-state index in [4.69, 9.17) is 0 Å². The fourth-order valence-electron chi connectivity index (χ4n) is 4.04. The summed E-state index contributed by atoms with van der Waals surface area (Å²) in [6.07, 6.45) is 2.86. The zero-order valence-electron chi connectivity index (χ0n) is 10.5. The van der Waals surface area contributed by atoms with Crippen molar-refractivity contribution >= 4 is 11.8 Å². The zero-order valence-corrected chi connectivity index (χ0v) is 11.4. The average molecular weight is 240 g/mol. The lowest BCUT2D eigenvalue weighted by atomic mass is 9.84. The van der Waals surface area contributed by atoms with Gasteiger partial charge in [-0.2, -0.15) is 11.8 Å². The number of thioether (sulfide) groups is 1. The first-order valence-corrected chi connectivity index (χ1v) is 7.90. The monoisotopic (exact) mass is 240 g/mol. The lowest BCUT2D eigenvalue weighted by Gasteiger charge is -2.42. The predicted molar refractivity (Wildman–Crippen MR) is 71.0 cm³/mol. The highest BCUT2D eigenvalue weighted by Gasteiger charge is 2.51. The van der Waals surface area contributed by atoms with E-state index in [0.717, 1.165) is 17.9 Å². The topological polar surface area (TPSA) is 15.3 Å². The first kappa shape index (κ1) is 11.4. The van der Waals surface area contributed by atoms with E-state index < -0.39 is 0 Å². The first-order chi connectivity index (χ1) is 7.69. The summed E-state index contributed by atoms with van der Waals surface area (Å²) in [6.45, 7) is 8.79. The smallest absolute Gasteiger partial charge is 0.0200 e. The molecule has 92 valence electrons. The summed E-state index contributed by atoms with van der Waals surface area (Å²) in [4.78, 5) is 2.84. The van der Waals surface area contributed by atoms with E-state index >= 15 is 0 Å². The molecular weight excluding hydrogens is 216 g/mol. The fourth-order valence-corrected chi connectivity index (χ4v) is 5.20. The Hall–Kier alpha value is 0.270. The van der Waals surface area contributed by atoms with E-state index in [1.807, 2.05) is 0 Å². The maximum absolute atomic E-state index is 3.57. The molecule has 3 atom stereocenters. The van der Waals surface area contributed by atoms with E-state index in [-0.39, 0.29) is 0 Å². The van der Waals surface area contributed by atoms with Gasteiger partial charge in [0.05, 0.1) is 0 Å². The van der Waals surface area contributed by atoms with Crippen LogP contribution in [0.1, 0.15) is 26.7 Å². The van der Waals surface area contributed by atoms with E-state index in [9.17, 15) is 0 Å². The molecule has 0 aliphatic carbocycles. The minimum atomic E-state index is 0.427. The Labute approximate surface area is 104 Å². The van der Waals surface area contributed by atoms with E-state index in [1.165, 1.54) is 44.0 Å². The van der Waals surface area contributed by atoms with Gasteiger partial charge in [0, 0.05) is 30.4 Å². The van der Waals surface area contributed by atoms with Crippen LogP contribution in [0.3, 0.4) is 0 Å². The van der Waals surface area contributed by atoms with Gasteiger partial charge in [-0.3, -0.25) is 4.90 Å². The van der Waals surface area contributed by atoms with Crippen molar-refractivity contribution in [2.75, 3.05) is 31.1 Å². The van der Waals surface area contributed by atoms with Crippen molar-refractivity contribution in [3.05, 3.63) is 0 Å². The molecule has 0 aromatic rings. The van der Waals surface area contributed by atoms with Crippen molar-refractivity contribution in [2.24, 2.45) is 11.8 Å². The summed E-state index contributed by atoms with van der Waals surface area (Å²) in [7, 11) is 0. The van der Waals surface area contributed by atoms with Crippen LogP contribution in [0.25, 0.3) is 0 Å². The summed E-state index contributed by atoms with van der Waals surface area (Å²) < 4.78 is 0. The van der Waals surface area contributed by atoms with Crippen LogP contribution >= 0.6 is 11.8 Å². The van der Waals surface area contributed by atoms with Crippen molar-refractivity contribution in [1.29, 1.82) is 0 Å². The molecule has 1 N–H and O–H groups in total. The fraction of sp³-hybridized carbons (Fsp3) is 1.00. The van der Waals surface area contributed by atoms with Gasteiger partial charge in [-0.1, -0.05) is 0 Å². The SMILES string of the molecule is CC1(C)C2CNCC2CN1C1CCCSC1. The molecule has 0 aromatic carbocycles. The molecule has 0 bridgehead atoms. The lowest BCUT2D eigenvalue weighted by molar-refractivity contribution is 0.0932. The second kappa shape index (κ2) is 4.18. The Morgan fingerprint density at radius 3 is 2.88 bits per heavy atom. The second-order valence-corrected chi connectivity index (χ2v) is 7.35. The van der Waals surface area contributed by atoms with Crippen LogP contribution in [-0.2, 0) is 0 Å². The molecule has 16 heavy (non-hydrogen) atoms. The summed E-state index contributed by atoms with van der Waals surface area (Å²) in [5.41, 5.74) is 0.427. The molecule has 0 radical (unpaired) electrons. The number of nitrogens with one attached hydrogen (secondary N) is 1. The molecule has 3 heteroatoms. The molecule has 3 heterocycles. The number of hydrogen-bond acceptors (Lipinski definition) is 3. The second-order valence-electron chi connectivity index (χ2n) is 6.20. The molecule has 3 saturated heterocycles. The van der Waals surface area contributed by atoms with Crippen molar-refractivity contribution in [2.45, 2.75) is 38.3 Å². The zero-order chi connectivity index (χ0) is 11.2. The third-order valence-corrected chi connectivity index (χ3v) is 6.19. The molecule has 3 rings (SSSR count). The maximum atomic E-state index is 3.57. The normalized spacial score (nSPS) is 43.5. The Morgan fingerprint density at radius 2 is 2.19 bits per heavy atom. The first-order valence-electron chi connectivity index (χ1n) is 6.75. The molecule has 3 unspecified atom stereocenters. The highest BCUT2D eigenvalue weighted by Crippen LogP contribution is 2.43. The summed E-state index contributed by atoms with van der Waals surface area (Å²) in [5, 5.41) is 3.57. The van der Waals surface area contributed by atoms with Crippen LogP contribution in [0.15, 0.2) is 0 Å². The van der Waals surface area contributed by atoms with Crippen molar-refractivity contribution < 1.29 is 0 Å². The van der Waals surface area contributed by atoms with Gasteiger partial charge < -0.3 is 5.32 Å². The predicted octanol–water partition coefficient (Wildman–Crippen LogP) is 1.81. The third-order valence-electron chi connectivity index (χ3n) is 5.00. The lowest BCUT2D eigenvalue weighted by Crippen LogP contribution is -2.51. The molecule has 3 aliphatic heterocycles. The number of nitrogens with zero attached hydrogens (tertiary/aromatic N) is 1. The van der Waals surface area contributed by atoms with Crippen LogP contribution in [0, 0.1) is 11.8 Å². The summed E-state index contributed by atoms with van der Waals surface area (Å²) >= 11 is 2.16.